The fourth-order valence-corrected chi connectivity index (χ4v) is 1.28. The zero-order valence-electron chi connectivity index (χ0n) is 6.81. The van der Waals surface area contributed by atoms with Crippen molar-refractivity contribution < 1.29 is 19.7 Å². The minimum Gasteiger partial charge on any atom is -0.504 e. The Kier molecular flexibility index (Phi) is 2.67. The summed E-state index contributed by atoms with van der Waals surface area (Å²) in [6, 6.07) is 2.42. The van der Waals surface area contributed by atoms with Crippen LogP contribution in [0.1, 0.15) is 10.4 Å². The number of carboxylic acids is 1. The molecule has 0 heterocycles. The first kappa shape index (κ1) is 9.73. The molecule has 2 N–H and O–H groups in total. The SMILES string of the molecule is COc1c(O)cc(C(=O)O)cc1S. The van der Waals surface area contributed by atoms with E-state index < -0.39 is 5.97 Å². The standard InChI is InChI=1S/C8H8O4S/c1-12-7-5(9)2-4(8(10)11)3-6(7)13/h2-3,9,13H,1H3,(H,10,11). The summed E-state index contributed by atoms with van der Waals surface area (Å²) in [5.41, 5.74) is -0.0247. The van der Waals surface area contributed by atoms with E-state index in [0.717, 1.165) is 6.07 Å². The second-order valence-electron chi connectivity index (χ2n) is 2.35. The zero-order valence-corrected chi connectivity index (χ0v) is 7.71. The highest BCUT2D eigenvalue weighted by Crippen LogP contribution is 2.33. The molecule has 0 bridgehead atoms. The van der Waals surface area contributed by atoms with E-state index in [1.165, 1.54) is 13.2 Å². The Morgan fingerprint density at radius 3 is 2.54 bits per heavy atom. The molecule has 0 unspecified atom stereocenters. The summed E-state index contributed by atoms with van der Waals surface area (Å²) in [4.78, 5) is 10.8. The predicted octanol–water partition coefficient (Wildman–Crippen LogP) is 1.39. The van der Waals surface area contributed by atoms with E-state index in [-0.39, 0.29) is 17.1 Å². The Morgan fingerprint density at radius 1 is 1.54 bits per heavy atom. The van der Waals surface area contributed by atoms with E-state index in [1.807, 2.05) is 0 Å². The molecule has 1 aromatic rings. The average Bonchev–Trinajstić information content (AvgIpc) is 2.03. The third-order valence-corrected chi connectivity index (χ3v) is 1.83. The summed E-state index contributed by atoms with van der Waals surface area (Å²) >= 11 is 3.96. The number of aromatic carboxylic acids is 1. The van der Waals surface area contributed by atoms with E-state index >= 15 is 0 Å². The molecule has 0 atom stereocenters. The lowest BCUT2D eigenvalue weighted by atomic mass is 10.2. The number of phenols is 1. The Morgan fingerprint density at radius 2 is 2.15 bits per heavy atom. The molecule has 1 rings (SSSR count). The molecule has 0 saturated carbocycles. The van der Waals surface area contributed by atoms with Gasteiger partial charge in [-0.05, 0) is 12.1 Å². The van der Waals surface area contributed by atoms with Gasteiger partial charge in [0, 0.05) is 0 Å². The van der Waals surface area contributed by atoms with Crippen LogP contribution < -0.4 is 4.74 Å². The van der Waals surface area contributed by atoms with E-state index in [4.69, 9.17) is 9.84 Å². The van der Waals surface area contributed by atoms with Crippen molar-refractivity contribution in [2.45, 2.75) is 4.90 Å². The largest absolute Gasteiger partial charge is 0.504 e. The summed E-state index contributed by atoms with van der Waals surface area (Å²) in [5, 5.41) is 17.9. The number of methoxy groups -OCH3 is 1. The normalized spacial score (nSPS) is 9.69. The summed E-state index contributed by atoms with van der Waals surface area (Å²) in [7, 11) is 1.37. The Balaban J connectivity index is 3.28. The minimum atomic E-state index is -1.12. The number of benzene rings is 1. The van der Waals surface area contributed by atoms with Crippen LogP contribution in [-0.4, -0.2) is 23.3 Å². The predicted molar refractivity (Wildman–Crippen MR) is 48.9 cm³/mol. The van der Waals surface area contributed by atoms with E-state index in [9.17, 15) is 9.90 Å². The molecule has 4 nitrogen and oxygen atoms in total. The first-order chi connectivity index (χ1) is 6.06. The van der Waals surface area contributed by atoms with Crippen LogP contribution in [0.2, 0.25) is 0 Å². The molecule has 0 amide bonds. The topological polar surface area (TPSA) is 66.8 Å². The van der Waals surface area contributed by atoms with Gasteiger partial charge in [0.2, 0.25) is 0 Å². The fraction of sp³-hybridized carbons (Fsp3) is 0.125. The van der Waals surface area contributed by atoms with Gasteiger partial charge < -0.3 is 14.9 Å². The monoisotopic (exact) mass is 200 g/mol. The third kappa shape index (κ3) is 1.86. The molecule has 0 spiro atoms. The molecule has 0 aliphatic rings. The third-order valence-electron chi connectivity index (χ3n) is 1.50. The highest BCUT2D eigenvalue weighted by Gasteiger charge is 2.11. The number of rotatable bonds is 2. The van der Waals surface area contributed by atoms with Crippen LogP contribution in [0.25, 0.3) is 0 Å². The summed E-state index contributed by atoms with van der Waals surface area (Å²) < 4.78 is 4.79. The first-order valence-electron chi connectivity index (χ1n) is 3.39. The van der Waals surface area contributed by atoms with Crippen molar-refractivity contribution in [2.75, 3.05) is 7.11 Å². The van der Waals surface area contributed by atoms with E-state index in [0.29, 0.717) is 4.90 Å². The molecule has 0 radical (unpaired) electrons. The summed E-state index contributed by atoms with van der Waals surface area (Å²) in [6.07, 6.45) is 0. The van der Waals surface area contributed by atoms with Crippen molar-refractivity contribution in [3.8, 4) is 11.5 Å². The molecular formula is C8H8O4S. The van der Waals surface area contributed by atoms with Crippen molar-refractivity contribution in [3.63, 3.8) is 0 Å². The van der Waals surface area contributed by atoms with Gasteiger partial charge >= 0.3 is 5.97 Å². The van der Waals surface area contributed by atoms with Crippen molar-refractivity contribution in [3.05, 3.63) is 17.7 Å². The molecule has 0 aliphatic carbocycles. The van der Waals surface area contributed by atoms with Crippen LogP contribution in [0, 0.1) is 0 Å². The molecule has 5 heteroatoms. The molecule has 1 aromatic carbocycles. The van der Waals surface area contributed by atoms with Gasteiger partial charge in [-0.25, -0.2) is 4.79 Å². The Hall–Kier alpha value is -1.36. The van der Waals surface area contributed by atoms with E-state index in [1.54, 1.807) is 0 Å². The lowest BCUT2D eigenvalue weighted by Gasteiger charge is -2.06. The van der Waals surface area contributed by atoms with Gasteiger partial charge in [0.25, 0.3) is 0 Å². The minimum absolute atomic E-state index is 0.0247. The van der Waals surface area contributed by atoms with Gasteiger partial charge in [-0.3, -0.25) is 0 Å². The lowest BCUT2D eigenvalue weighted by Crippen LogP contribution is -1.97. The van der Waals surface area contributed by atoms with Crippen molar-refractivity contribution in [2.24, 2.45) is 0 Å². The number of ether oxygens (including phenoxy) is 1. The maximum atomic E-state index is 10.5. The molecule has 0 fully saturated rings. The fourth-order valence-electron chi connectivity index (χ4n) is 0.931. The van der Waals surface area contributed by atoms with E-state index in [2.05, 4.69) is 12.6 Å². The van der Waals surface area contributed by atoms with Crippen LogP contribution in [0.3, 0.4) is 0 Å². The molecule has 70 valence electrons. The highest BCUT2D eigenvalue weighted by molar-refractivity contribution is 7.80. The van der Waals surface area contributed by atoms with Gasteiger partial charge in [-0.2, -0.15) is 0 Å². The number of carboxylic acid groups (broad SMARTS) is 1. The number of phenolic OH excluding ortho intramolecular Hbond substituents is 1. The number of aromatic hydroxyl groups is 1. The molecule has 0 aromatic heterocycles. The zero-order chi connectivity index (χ0) is 10.0. The highest BCUT2D eigenvalue weighted by atomic mass is 32.1. The smallest absolute Gasteiger partial charge is 0.335 e. The number of hydrogen-bond donors (Lipinski definition) is 3. The van der Waals surface area contributed by atoms with Crippen molar-refractivity contribution in [1.29, 1.82) is 0 Å². The molecular weight excluding hydrogens is 192 g/mol. The summed E-state index contributed by atoms with van der Waals surface area (Å²) in [5.74, 6) is -1.17. The summed E-state index contributed by atoms with van der Waals surface area (Å²) in [6.45, 7) is 0. The van der Waals surface area contributed by atoms with Crippen LogP contribution in [0.4, 0.5) is 0 Å². The Bertz CT molecular complexity index is 325. The van der Waals surface area contributed by atoms with Crippen LogP contribution >= 0.6 is 12.6 Å². The van der Waals surface area contributed by atoms with Gasteiger partial charge in [0.1, 0.15) is 0 Å². The van der Waals surface area contributed by atoms with Crippen LogP contribution in [0.15, 0.2) is 17.0 Å². The van der Waals surface area contributed by atoms with Crippen molar-refractivity contribution >= 4 is 18.6 Å². The van der Waals surface area contributed by atoms with Gasteiger partial charge in [-0.15, -0.1) is 12.6 Å². The molecule has 0 saturated heterocycles. The maximum Gasteiger partial charge on any atom is 0.335 e. The number of thiol groups is 1. The first-order valence-corrected chi connectivity index (χ1v) is 3.84. The molecule has 13 heavy (non-hydrogen) atoms. The van der Waals surface area contributed by atoms with Crippen LogP contribution in [-0.2, 0) is 0 Å². The quantitative estimate of drug-likeness (QED) is 0.631. The van der Waals surface area contributed by atoms with Gasteiger partial charge in [-0.1, -0.05) is 0 Å². The van der Waals surface area contributed by atoms with Crippen LogP contribution in [0.5, 0.6) is 11.5 Å². The van der Waals surface area contributed by atoms with Crippen molar-refractivity contribution in [1.82, 2.24) is 0 Å². The molecule has 0 aliphatic heterocycles. The number of hydrogen-bond acceptors (Lipinski definition) is 4. The second kappa shape index (κ2) is 3.57. The maximum absolute atomic E-state index is 10.5. The Labute approximate surface area is 80.2 Å². The average molecular weight is 200 g/mol. The van der Waals surface area contributed by atoms with Gasteiger partial charge in [0.15, 0.2) is 11.5 Å². The van der Waals surface area contributed by atoms with Gasteiger partial charge in [0.05, 0.1) is 17.6 Å². The number of carbonyl (C=O) groups is 1. The lowest BCUT2D eigenvalue weighted by molar-refractivity contribution is 0.0696. The second-order valence-corrected chi connectivity index (χ2v) is 2.83.